The van der Waals surface area contributed by atoms with Gasteiger partial charge in [-0.2, -0.15) is 0 Å². The molecule has 0 aromatic heterocycles. The quantitative estimate of drug-likeness (QED) is 0.585. The molecule has 0 rings (SSSR count). The van der Waals surface area contributed by atoms with E-state index in [9.17, 15) is 4.79 Å². The van der Waals surface area contributed by atoms with Crippen molar-refractivity contribution >= 4 is 15.0 Å². The molecule has 0 saturated carbocycles. The minimum Gasteiger partial charge on any atom is -0.452 e. The molecule has 0 saturated heterocycles. The lowest BCUT2D eigenvalue weighted by Gasteiger charge is -2.25. The van der Waals surface area contributed by atoms with E-state index in [4.69, 9.17) is 17.7 Å². The van der Waals surface area contributed by atoms with Gasteiger partial charge in [0.2, 0.25) is 0 Å². The highest BCUT2D eigenvalue weighted by Crippen LogP contribution is 2.13. The van der Waals surface area contributed by atoms with E-state index in [1.54, 1.807) is 0 Å². The first-order valence-electron chi connectivity index (χ1n) is 5.77. The zero-order chi connectivity index (χ0) is 12.4. The Balaban J connectivity index is 4.51. The fourth-order valence-electron chi connectivity index (χ4n) is 1.14. The van der Waals surface area contributed by atoms with Gasteiger partial charge in [0.05, 0.1) is 0 Å². The van der Waals surface area contributed by atoms with E-state index in [2.05, 4.69) is 0 Å². The lowest BCUT2D eigenvalue weighted by atomic mass is 10.4. The maximum atomic E-state index is 11.5. The van der Waals surface area contributed by atoms with E-state index in [0.29, 0.717) is 26.2 Å². The Bertz CT molecular complexity index is 181. The fraction of sp³-hybridized carbons (Fsp3) is 0.900. The zero-order valence-corrected chi connectivity index (χ0v) is 11.6. The summed E-state index contributed by atoms with van der Waals surface area (Å²) in [5, 5.41) is 0. The Hall–Kier alpha value is -0.433. The van der Waals surface area contributed by atoms with Crippen molar-refractivity contribution in [1.82, 2.24) is 0 Å². The number of carbonyl (C=O) groups excluding carboxylic acids is 1. The van der Waals surface area contributed by atoms with Crippen LogP contribution in [0.4, 0.5) is 0 Å². The predicted molar refractivity (Wildman–Crippen MR) is 61.6 cm³/mol. The number of hydrogen-bond donors (Lipinski definition) is 0. The summed E-state index contributed by atoms with van der Waals surface area (Å²) in [6.07, 6.45) is 1.08. The fourth-order valence-corrected chi connectivity index (χ4v) is 3.01. The summed E-state index contributed by atoms with van der Waals surface area (Å²) in [5.41, 5.74) is 0. The Morgan fingerprint density at radius 2 is 1.38 bits per heavy atom. The van der Waals surface area contributed by atoms with Gasteiger partial charge in [0.25, 0.3) is 5.97 Å². The van der Waals surface area contributed by atoms with Gasteiger partial charge in [-0.1, -0.05) is 6.92 Å². The van der Waals surface area contributed by atoms with E-state index in [1.807, 2.05) is 27.7 Å². The van der Waals surface area contributed by atoms with Gasteiger partial charge >= 0.3 is 9.05 Å². The molecule has 0 aromatic carbocycles. The summed E-state index contributed by atoms with van der Waals surface area (Å²) < 4.78 is 21.4. The molecule has 0 heterocycles. The highest BCUT2D eigenvalue weighted by molar-refractivity contribution is 6.55. The minimum atomic E-state index is -3.25. The molecule has 0 atom stereocenters. The van der Waals surface area contributed by atoms with Crippen LogP contribution in [-0.4, -0.2) is 34.8 Å². The molecule has 0 spiro atoms. The van der Waals surface area contributed by atoms with Crippen LogP contribution in [0, 0.1) is 0 Å². The molecule has 6 heteroatoms. The van der Waals surface area contributed by atoms with Gasteiger partial charge in [0, 0.05) is 26.2 Å². The molecule has 0 N–H and O–H groups in total. The molecule has 0 fully saturated rings. The largest absolute Gasteiger partial charge is 0.751 e. The van der Waals surface area contributed by atoms with Crippen molar-refractivity contribution in [2.75, 3.05) is 19.8 Å². The van der Waals surface area contributed by atoms with Crippen molar-refractivity contribution in [3.63, 3.8) is 0 Å². The van der Waals surface area contributed by atoms with Crippen molar-refractivity contribution in [1.29, 1.82) is 0 Å². The molecule has 0 aliphatic carbocycles. The molecule has 0 radical (unpaired) electrons. The van der Waals surface area contributed by atoms with Crippen LogP contribution in [-0.2, 0) is 22.5 Å². The maximum Gasteiger partial charge on any atom is 0.751 e. The Morgan fingerprint density at radius 3 is 1.69 bits per heavy atom. The SMILES string of the molecule is CCCC(=O)O[Si](OCC)(OCC)OCC. The first-order valence-corrected chi connectivity index (χ1v) is 7.41. The molecule has 16 heavy (non-hydrogen) atoms. The molecule has 5 nitrogen and oxygen atoms in total. The van der Waals surface area contributed by atoms with Gasteiger partial charge in [-0.05, 0) is 27.2 Å². The van der Waals surface area contributed by atoms with E-state index in [0.717, 1.165) is 6.42 Å². The smallest absolute Gasteiger partial charge is 0.452 e. The molecular formula is C10H22O5Si. The summed E-state index contributed by atoms with van der Waals surface area (Å²) in [6, 6.07) is 0. The van der Waals surface area contributed by atoms with E-state index in [1.165, 1.54) is 0 Å². The second-order valence-electron chi connectivity index (χ2n) is 3.02. The van der Waals surface area contributed by atoms with E-state index < -0.39 is 9.05 Å². The Labute approximate surface area is 98.5 Å². The van der Waals surface area contributed by atoms with Crippen LogP contribution in [0.1, 0.15) is 40.5 Å². The third-order valence-corrected chi connectivity index (χ3v) is 4.06. The van der Waals surface area contributed by atoms with Gasteiger partial charge in [-0.3, -0.25) is 4.79 Å². The average Bonchev–Trinajstić information content (AvgIpc) is 2.18. The van der Waals surface area contributed by atoms with Crippen molar-refractivity contribution < 1.29 is 22.5 Å². The molecule has 0 unspecified atom stereocenters. The second kappa shape index (κ2) is 8.69. The van der Waals surface area contributed by atoms with Crippen LogP contribution in [0.25, 0.3) is 0 Å². The van der Waals surface area contributed by atoms with Gasteiger partial charge in [0.15, 0.2) is 0 Å². The summed E-state index contributed by atoms with van der Waals surface area (Å²) >= 11 is 0. The third-order valence-electron chi connectivity index (χ3n) is 1.66. The molecular weight excluding hydrogens is 228 g/mol. The summed E-state index contributed by atoms with van der Waals surface area (Å²) in [6.45, 7) is 8.53. The third kappa shape index (κ3) is 5.60. The first-order chi connectivity index (χ1) is 7.64. The number of rotatable bonds is 9. The molecule has 96 valence electrons. The van der Waals surface area contributed by atoms with Crippen LogP contribution in [0.2, 0.25) is 0 Å². The standard InChI is InChI=1S/C10H22O5Si/c1-5-9-10(11)15-16(12-6-2,13-7-3)14-8-4/h5-9H2,1-4H3. The molecule has 0 amide bonds. The van der Waals surface area contributed by atoms with Crippen molar-refractivity contribution in [2.24, 2.45) is 0 Å². The van der Waals surface area contributed by atoms with Gasteiger partial charge in [-0.15, -0.1) is 0 Å². The highest BCUT2D eigenvalue weighted by atomic mass is 28.4. The molecule has 0 bridgehead atoms. The van der Waals surface area contributed by atoms with E-state index in [-0.39, 0.29) is 5.97 Å². The first kappa shape index (κ1) is 15.6. The van der Waals surface area contributed by atoms with Crippen LogP contribution in [0.3, 0.4) is 0 Å². The highest BCUT2D eigenvalue weighted by Gasteiger charge is 2.49. The predicted octanol–water partition coefficient (Wildman–Crippen LogP) is 1.87. The van der Waals surface area contributed by atoms with Crippen molar-refractivity contribution in [2.45, 2.75) is 40.5 Å². The lowest BCUT2D eigenvalue weighted by Crippen LogP contribution is -2.50. The van der Waals surface area contributed by atoms with Crippen LogP contribution in [0.5, 0.6) is 0 Å². The van der Waals surface area contributed by atoms with Crippen LogP contribution >= 0.6 is 0 Å². The lowest BCUT2D eigenvalue weighted by molar-refractivity contribution is -0.144. The topological polar surface area (TPSA) is 54.0 Å². The maximum absolute atomic E-state index is 11.5. The second-order valence-corrected chi connectivity index (χ2v) is 5.09. The van der Waals surface area contributed by atoms with Gasteiger partial charge < -0.3 is 17.7 Å². The van der Waals surface area contributed by atoms with E-state index >= 15 is 0 Å². The zero-order valence-electron chi connectivity index (χ0n) is 10.6. The normalized spacial score (nSPS) is 11.5. The summed E-state index contributed by atoms with van der Waals surface area (Å²) in [7, 11) is -3.25. The average molecular weight is 250 g/mol. The van der Waals surface area contributed by atoms with Crippen molar-refractivity contribution in [3.05, 3.63) is 0 Å². The van der Waals surface area contributed by atoms with Crippen LogP contribution < -0.4 is 0 Å². The number of hydrogen-bond acceptors (Lipinski definition) is 5. The van der Waals surface area contributed by atoms with Gasteiger partial charge in [0.1, 0.15) is 0 Å². The Morgan fingerprint density at radius 1 is 0.938 bits per heavy atom. The molecule has 0 aliphatic rings. The number of carbonyl (C=O) groups is 1. The van der Waals surface area contributed by atoms with Crippen molar-refractivity contribution in [3.8, 4) is 0 Å². The summed E-state index contributed by atoms with van der Waals surface area (Å²) in [5.74, 6) is -0.329. The minimum absolute atomic E-state index is 0.329. The van der Waals surface area contributed by atoms with Crippen LogP contribution in [0.15, 0.2) is 0 Å². The molecule has 0 aromatic rings. The monoisotopic (exact) mass is 250 g/mol. The summed E-state index contributed by atoms with van der Waals surface area (Å²) in [4.78, 5) is 11.5. The molecule has 0 aliphatic heterocycles. The van der Waals surface area contributed by atoms with Gasteiger partial charge in [-0.25, -0.2) is 0 Å². The Kier molecular flexibility index (Phi) is 8.45.